The molecule has 0 spiro atoms. The van der Waals surface area contributed by atoms with Crippen LogP contribution in [0.2, 0.25) is 19.6 Å². The van der Waals surface area contributed by atoms with Gasteiger partial charge in [-0.1, -0.05) is 0 Å². The molecule has 0 N–H and O–H groups in total. The van der Waals surface area contributed by atoms with E-state index in [-0.39, 0.29) is 0 Å². The van der Waals surface area contributed by atoms with Gasteiger partial charge in [-0.15, -0.1) is 0 Å². The first kappa shape index (κ1) is 10.0. The molecule has 1 aromatic heterocycles. The number of hydrogen-bond donors (Lipinski definition) is 0. The topological polar surface area (TPSA) is 46.2 Å². The molecule has 0 aliphatic rings. The number of nitriles is 1. The van der Waals surface area contributed by atoms with Gasteiger partial charge >= 0.3 is 0 Å². The number of furan rings is 1. The predicted octanol–water partition coefficient (Wildman–Crippen LogP) is 2.70. The summed E-state index contributed by atoms with van der Waals surface area (Å²) < 4.78 is 10.7. The molecule has 70 valence electrons. The molecule has 1 aromatic rings. The lowest BCUT2D eigenvalue weighted by Gasteiger charge is -2.19. The van der Waals surface area contributed by atoms with Crippen molar-refractivity contribution < 1.29 is 8.84 Å². The molecule has 1 heterocycles. The second-order valence-corrected chi connectivity index (χ2v) is 8.22. The Morgan fingerprint density at radius 2 is 2.23 bits per heavy atom. The van der Waals surface area contributed by atoms with Gasteiger partial charge in [0.15, 0.2) is 14.4 Å². The van der Waals surface area contributed by atoms with E-state index in [1.807, 2.05) is 19.6 Å². The lowest BCUT2D eigenvalue weighted by molar-refractivity contribution is 0.222. The van der Waals surface area contributed by atoms with E-state index in [4.69, 9.17) is 14.1 Å². The van der Waals surface area contributed by atoms with Crippen LogP contribution >= 0.6 is 0 Å². The number of hydrogen-bond acceptors (Lipinski definition) is 3. The molecule has 4 heteroatoms. The minimum absolute atomic E-state index is 0.554. The van der Waals surface area contributed by atoms with Gasteiger partial charge in [-0.3, -0.25) is 0 Å². The summed E-state index contributed by atoms with van der Waals surface area (Å²) >= 11 is 0. The van der Waals surface area contributed by atoms with Crippen molar-refractivity contribution in [2.75, 3.05) is 0 Å². The molecule has 0 aliphatic heterocycles. The minimum Gasteiger partial charge on any atom is -0.465 e. The molecule has 0 fully saturated rings. The van der Waals surface area contributed by atoms with E-state index in [0.717, 1.165) is 0 Å². The van der Waals surface area contributed by atoms with Crippen molar-refractivity contribution in [1.29, 1.82) is 5.26 Å². The van der Waals surface area contributed by atoms with Crippen molar-refractivity contribution in [2.45, 2.75) is 25.7 Å². The Morgan fingerprint density at radius 1 is 1.54 bits per heavy atom. The van der Waals surface area contributed by atoms with Crippen LogP contribution in [0.3, 0.4) is 0 Å². The maximum Gasteiger partial charge on any atom is 0.192 e. The summed E-state index contributed by atoms with van der Waals surface area (Å²) in [6.45, 7) is 6.13. The molecular formula is C9H13NO2Si. The third-order valence-electron chi connectivity index (χ3n) is 1.39. The first-order chi connectivity index (χ1) is 6.03. The number of nitrogens with zero attached hydrogens (tertiary/aromatic N) is 1. The van der Waals surface area contributed by atoms with Crippen LogP contribution in [0.25, 0.3) is 0 Å². The maximum absolute atomic E-state index is 8.85. The second-order valence-electron chi connectivity index (χ2n) is 3.75. The van der Waals surface area contributed by atoms with Crippen LogP contribution in [0.15, 0.2) is 22.8 Å². The highest BCUT2D eigenvalue weighted by Gasteiger charge is 2.23. The van der Waals surface area contributed by atoms with E-state index in [0.29, 0.717) is 5.76 Å². The van der Waals surface area contributed by atoms with E-state index < -0.39 is 14.4 Å². The highest BCUT2D eigenvalue weighted by molar-refractivity contribution is 6.69. The van der Waals surface area contributed by atoms with Crippen LogP contribution in [0.1, 0.15) is 11.9 Å². The Labute approximate surface area is 79.1 Å². The van der Waals surface area contributed by atoms with Crippen molar-refractivity contribution in [2.24, 2.45) is 0 Å². The molecule has 0 amide bonds. The summed E-state index contributed by atoms with van der Waals surface area (Å²) in [6, 6.07) is 5.59. The fourth-order valence-corrected chi connectivity index (χ4v) is 1.82. The van der Waals surface area contributed by atoms with Gasteiger partial charge in [0.1, 0.15) is 11.8 Å². The minimum atomic E-state index is -1.68. The van der Waals surface area contributed by atoms with Gasteiger partial charge in [-0.25, -0.2) is 0 Å². The fourth-order valence-electron chi connectivity index (χ4n) is 0.942. The summed E-state index contributed by atoms with van der Waals surface area (Å²) in [5.74, 6) is 0.588. The van der Waals surface area contributed by atoms with E-state index in [9.17, 15) is 0 Å². The van der Waals surface area contributed by atoms with Crippen LogP contribution in [-0.2, 0) is 4.43 Å². The molecule has 3 nitrogen and oxygen atoms in total. The van der Waals surface area contributed by atoms with Gasteiger partial charge in [0.05, 0.1) is 6.26 Å². The zero-order valence-corrected chi connectivity index (χ0v) is 9.07. The number of rotatable bonds is 3. The van der Waals surface area contributed by atoms with Crippen LogP contribution in [0.4, 0.5) is 0 Å². The van der Waals surface area contributed by atoms with Crippen molar-refractivity contribution in [3.05, 3.63) is 24.2 Å². The maximum atomic E-state index is 8.85. The molecular weight excluding hydrogens is 182 g/mol. The molecule has 0 aliphatic carbocycles. The van der Waals surface area contributed by atoms with Crippen LogP contribution in [-0.4, -0.2) is 8.32 Å². The summed E-state index contributed by atoms with van der Waals surface area (Å²) in [6.07, 6.45) is 0.995. The molecule has 13 heavy (non-hydrogen) atoms. The SMILES string of the molecule is C[Si](C)(C)O[C@H](C#N)c1ccco1. The fraction of sp³-hybridized carbons (Fsp3) is 0.444. The molecule has 0 saturated carbocycles. The van der Waals surface area contributed by atoms with Crippen LogP contribution < -0.4 is 0 Å². The molecule has 0 aromatic carbocycles. The largest absolute Gasteiger partial charge is 0.465 e. The van der Waals surface area contributed by atoms with Gasteiger partial charge in [-0.2, -0.15) is 5.26 Å². The van der Waals surface area contributed by atoms with Crippen molar-refractivity contribution in [3.63, 3.8) is 0 Å². The zero-order chi connectivity index (χ0) is 9.90. The first-order valence-electron chi connectivity index (χ1n) is 4.14. The third kappa shape index (κ3) is 3.05. The monoisotopic (exact) mass is 195 g/mol. The molecule has 0 bridgehead atoms. The van der Waals surface area contributed by atoms with Crippen LogP contribution in [0, 0.1) is 11.3 Å². The molecule has 1 atom stereocenters. The normalized spacial score (nSPS) is 13.7. The Hall–Kier alpha value is -1.05. The average molecular weight is 195 g/mol. The lowest BCUT2D eigenvalue weighted by Crippen LogP contribution is -2.27. The average Bonchev–Trinajstić information content (AvgIpc) is 2.50. The van der Waals surface area contributed by atoms with E-state index in [1.165, 1.54) is 0 Å². The summed E-state index contributed by atoms with van der Waals surface area (Å²) in [5.41, 5.74) is 0. The lowest BCUT2D eigenvalue weighted by atomic mass is 10.3. The first-order valence-corrected chi connectivity index (χ1v) is 7.54. The van der Waals surface area contributed by atoms with Crippen molar-refractivity contribution in [1.82, 2.24) is 0 Å². The molecule has 0 radical (unpaired) electrons. The van der Waals surface area contributed by atoms with Crippen molar-refractivity contribution >= 4 is 8.32 Å². The highest BCUT2D eigenvalue weighted by Crippen LogP contribution is 2.21. The molecule has 0 saturated heterocycles. The summed E-state index contributed by atoms with van der Waals surface area (Å²) in [7, 11) is -1.68. The van der Waals surface area contributed by atoms with Gasteiger partial charge in [-0.05, 0) is 31.8 Å². The van der Waals surface area contributed by atoms with Gasteiger partial charge in [0.2, 0.25) is 0 Å². The van der Waals surface area contributed by atoms with E-state index >= 15 is 0 Å². The quantitative estimate of drug-likeness (QED) is 0.697. The van der Waals surface area contributed by atoms with Crippen molar-refractivity contribution in [3.8, 4) is 6.07 Å². The van der Waals surface area contributed by atoms with E-state index in [2.05, 4.69) is 6.07 Å². The van der Waals surface area contributed by atoms with Crippen LogP contribution in [0.5, 0.6) is 0 Å². The summed E-state index contributed by atoms with van der Waals surface area (Å²) in [5, 5.41) is 8.85. The van der Waals surface area contributed by atoms with Gasteiger partial charge in [0.25, 0.3) is 0 Å². The Morgan fingerprint density at radius 3 is 2.62 bits per heavy atom. The third-order valence-corrected chi connectivity index (χ3v) is 2.33. The smallest absolute Gasteiger partial charge is 0.192 e. The molecule has 1 rings (SSSR count). The predicted molar refractivity (Wildman–Crippen MR) is 51.5 cm³/mol. The van der Waals surface area contributed by atoms with Gasteiger partial charge < -0.3 is 8.84 Å². The van der Waals surface area contributed by atoms with Gasteiger partial charge in [0, 0.05) is 0 Å². The van der Waals surface area contributed by atoms with E-state index in [1.54, 1.807) is 18.4 Å². The summed E-state index contributed by atoms with van der Waals surface area (Å²) in [4.78, 5) is 0. The zero-order valence-electron chi connectivity index (χ0n) is 8.07. The second kappa shape index (κ2) is 3.77. The Balaban J connectivity index is 2.72. The molecule has 0 unspecified atom stereocenters. The highest BCUT2D eigenvalue weighted by atomic mass is 28.4. The Bertz CT molecular complexity index is 294. The standard InChI is InChI=1S/C9H13NO2Si/c1-13(2,3)12-9(7-10)8-5-4-6-11-8/h4-6,9H,1-3H3/t9-/m1/s1. The Kier molecular flexibility index (Phi) is 2.91.